The van der Waals surface area contributed by atoms with E-state index in [4.69, 9.17) is 11.6 Å². The third-order valence-corrected chi connectivity index (χ3v) is 5.85. The van der Waals surface area contributed by atoms with Crippen LogP contribution in [0.1, 0.15) is 39.3 Å². The molecule has 1 N–H and O–H groups in total. The van der Waals surface area contributed by atoms with E-state index >= 15 is 0 Å². The van der Waals surface area contributed by atoms with Crippen LogP contribution in [0.25, 0.3) is 10.6 Å². The molecule has 5 nitrogen and oxygen atoms in total. The second-order valence-electron chi connectivity index (χ2n) is 7.15. The summed E-state index contributed by atoms with van der Waals surface area (Å²) in [5, 5.41) is 6.19. The lowest BCUT2D eigenvalue weighted by atomic mass is 10.1. The highest BCUT2D eigenvalue weighted by molar-refractivity contribution is 7.13. The van der Waals surface area contributed by atoms with Gasteiger partial charge in [0.15, 0.2) is 0 Å². The molecule has 0 aliphatic heterocycles. The van der Waals surface area contributed by atoms with Gasteiger partial charge in [0.1, 0.15) is 10.7 Å². The average Bonchev–Trinajstić information content (AvgIpc) is 3.40. The van der Waals surface area contributed by atoms with Gasteiger partial charge in [0.25, 0.3) is 11.8 Å². The Balaban J connectivity index is 1.39. The highest BCUT2D eigenvalue weighted by Gasteiger charge is 2.23. The molecule has 4 rings (SSSR count). The first-order valence-electron chi connectivity index (χ1n) is 9.36. The SMILES string of the molecule is CN(Cc1ccc(C(=O)NC2CC2)cc1)C(=O)c1csc(-c2ccc(Cl)cc2)n1. The zero-order valence-corrected chi connectivity index (χ0v) is 17.5. The van der Waals surface area contributed by atoms with Crippen molar-refractivity contribution in [3.05, 3.63) is 75.8 Å². The molecular weight excluding hydrogens is 406 g/mol. The van der Waals surface area contributed by atoms with Gasteiger partial charge in [0.05, 0.1) is 0 Å². The summed E-state index contributed by atoms with van der Waals surface area (Å²) in [6.45, 7) is 0.442. The van der Waals surface area contributed by atoms with Crippen molar-refractivity contribution >= 4 is 34.8 Å². The van der Waals surface area contributed by atoms with Crippen molar-refractivity contribution in [2.75, 3.05) is 7.05 Å². The van der Waals surface area contributed by atoms with Gasteiger partial charge in [-0.1, -0.05) is 35.9 Å². The Bertz CT molecular complexity index is 1030. The molecule has 148 valence electrons. The zero-order valence-electron chi connectivity index (χ0n) is 15.9. The Kier molecular flexibility index (Phi) is 5.65. The first kappa shape index (κ1) is 19.6. The van der Waals surface area contributed by atoms with E-state index in [2.05, 4.69) is 10.3 Å². The van der Waals surface area contributed by atoms with E-state index in [0.717, 1.165) is 29.0 Å². The van der Waals surface area contributed by atoms with E-state index in [0.29, 0.717) is 28.9 Å². The quantitative estimate of drug-likeness (QED) is 0.626. The minimum absolute atomic E-state index is 0.0410. The van der Waals surface area contributed by atoms with Crippen LogP contribution in [0.3, 0.4) is 0 Å². The maximum absolute atomic E-state index is 12.7. The number of amides is 2. The molecule has 1 aliphatic rings. The van der Waals surface area contributed by atoms with Crippen molar-refractivity contribution in [1.82, 2.24) is 15.2 Å². The third-order valence-electron chi connectivity index (χ3n) is 4.71. The minimum atomic E-state index is -0.142. The van der Waals surface area contributed by atoms with Crippen LogP contribution in [-0.2, 0) is 6.54 Å². The van der Waals surface area contributed by atoms with E-state index in [1.807, 2.05) is 24.3 Å². The molecule has 0 saturated heterocycles. The molecule has 0 atom stereocenters. The number of nitrogens with one attached hydrogen (secondary N) is 1. The molecule has 0 unspecified atom stereocenters. The summed E-state index contributed by atoms with van der Waals surface area (Å²) in [4.78, 5) is 30.9. The van der Waals surface area contributed by atoms with Gasteiger partial charge in [-0.3, -0.25) is 9.59 Å². The van der Waals surface area contributed by atoms with Gasteiger partial charge in [-0.15, -0.1) is 11.3 Å². The minimum Gasteiger partial charge on any atom is -0.349 e. The fourth-order valence-electron chi connectivity index (χ4n) is 2.90. The second kappa shape index (κ2) is 8.35. The van der Waals surface area contributed by atoms with Crippen LogP contribution in [0.15, 0.2) is 53.9 Å². The van der Waals surface area contributed by atoms with Gasteiger partial charge in [-0.2, -0.15) is 0 Å². The largest absolute Gasteiger partial charge is 0.349 e. The standard InChI is InChI=1S/C22H20ClN3O2S/c1-26(12-14-2-4-15(5-3-14)20(27)24-18-10-11-18)22(28)19-13-29-21(25-19)16-6-8-17(23)9-7-16/h2-9,13,18H,10-12H2,1H3,(H,24,27). The Hall–Kier alpha value is -2.70. The molecule has 2 amide bonds. The second-order valence-corrected chi connectivity index (χ2v) is 8.45. The van der Waals surface area contributed by atoms with Crippen LogP contribution < -0.4 is 5.32 Å². The van der Waals surface area contributed by atoms with E-state index in [-0.39, 0.29) is 11.8 Å². The number of aromatic nitrogens is 1. The van der Waals surface area contributed by atoms with Crippen LogP contribution in [0, 0.1) is 0 Å². The molecule has 1 heterocycles. The lowest BCUT2D eigenvalue weighted by molar-refractivity contribution is 0.0779. The predicted molar refractivity (Wildman–Crippen MR) is 115 cm³/mol. The normalized spacial score (nSPS) is 13.2. The summed E-state index contributed by atoms with van der Waals surface area (Å²) in [7, 11) is 1.75. The van der Waals surface area contributed by atoms with E-state index < -0.39 is 0 Å². The molecule has 2 aromatic carbocycles. The molecule has 0 radical (unpaired) electrons. The summed E-state index contributed by atoms with van der Waals surface area (Å²) in [5.41, 5.74) is 2.95. The number of thiazole rings is 1. The van der Waals surface area contributed by atoms with Crippen molar-refractivity contribution in [2.45, 2.75) is 25.4 Å². The summed E-state index contributed by atoms with van der Waals surface area (Å²) >= 11 is 7.35. The van der Waals surface area contributed by atoms with Gasteiger partial charge in [0.2, 0.25) is 0 Å². The number of halogens is 1. The van der Waals surface area contributed by atoms with Gasteiger partial charge < -0.3 is 10.2 Å². The number of carbonyl (C=O) groups excluding carboxylic acids is 2. The van der Waals surface area contributed by atoms with Gasteiger partial charge in [0, 0.05) is 41.2 Å². The Morgan fingerprint density at radius 2 is 1.83 bits per heavy atom. The maximum Gasteiger partial charge on any atom is 0.273 e. The first-order valence-corrected chi connectivity index (χ1v) is 10.6. The lowest BCUT2D eigenvalue weighted by Gasteiger charge is -2.16. The number of hydrogen-bond donors (Lipinski definition) is 1. The topological polar surface area (TPSA) is 62.3 Å². The summed E-state index contributed by atoms with van der Waals surface area (Å²) in [5.74, 6) is -0.183. The van der Waals surface area contributed by atoms with Gasteiger partial charge >= 0.3 is 0 Å². The molecular formula is C22H20ClN3O2S. The van der Waals surface area contributed by atoms with Crippen molar-refractivity contribution in [3.8, 4) is 10.6 Å². The number of benzene rings is 2. The van der Waals surface area contributed by atoms with E-state index in [9.17, 15) is 9.59 Å². The van der Waals surface area contributed by atoms with Gasteiger partial charge in [-0.25, -0.2) is 4.98 Å². The molecule has 7 heteroatoms. The highest BCUT2D eigenvalue weighted by Crippen LogP contribution is 2.25. The average molecular weight is 426 g/mol. The van der Waals surface area contributed by atoms with Crippen LogP contribution in [0.2, 0.25) is 5.02 Å². The number of nitrogens with zero attached hydrogens (tertiary/aromatic N) is 2. The Morgan fingerprint density at radius 3 is 2.48 bits per heavy atom. The van der Waals surface area contributed by atoms with Crippen LogP contribution in [0.4, 0.5) is 0 Å². The zero-order chi connectivity index (χ0) is 20.4. The summed E-state index contributed by atoms with van der Waals surface area (Å²) < 4.78 is 0. The molecule has 1 aromatic heterocycles. The molecule has 29 heavy (non-hydrogen) atoms. The predicted octanol–water partition coefficient (Wildman–Crippen LogP) is 4.63. The van der Waals surface area contributed by atoms with Crippen LogP contribution in [-0.4, -0.2) is 34.8 Å². The summed E-state index contributed by atoms with van der Waals surface area (Å²) in [6, 6.07) is 15.1. The number of hydrogen-bond acceptors (Lipinski definition) is 4. The van der Waals surface area contributed by atoms with Crippen LogP contribution in [0.5, 0.6) is 0 Å². The molecule has 0 bridgehead atoms. The van der Waals surface area contributed by atoms with Crippen molar-refractivity contribution < 1.29 is 9.59 Å². The van der Waals surface area contributed by atoms with Crippen molar-refractivity contribution in [3.63, 3.8) is 0 Å². The van der Waals surface area contributed by atoms with Crippen LogP contribution >= 0.6 is 22.9 Å². The fourth-order valence-corrected chi connectivity index (χ4v) is 3.82. The molecule has 1 saturated carbocycles. The van der Waals surface area contributed by atoms with Gasteiger partial charge in [-0.05, 0) is 42.7 Å². The molecule has 1 fully saturated rings. The van der Waals surface area contributed by atoms with Crippen molar-refractivity contribution in [1.29, 1.82) is 0 Å². The summed E-state index contributed by atoms with van der Waals surface area (Å²) in [6.07, 6.45) is 2.13. The smallest absolute Gasteiger partial charge is 0.273 e. The lowest BCUT2D eigenvalue weighted by Crippen LogP contribution is -2.27. The van der Waals surface area contributed by atoms with E-state index in [1.54, 1.807) is 41.6 Å². The molecule has 0 spiro atoms. The maximum atomic E-state index is 12.7. The first-order chi connectivity index (χ1) is 14.0. The fraction of sp³-hybridized carbons (Fsp3) is 0.227. The number of rotatable bonds is 6. The highest BCUT2D eigenvalue weighted by atomic mass is 35.5. The monoisotopic (exact) mass is 425 g/mol. The number of carbonyl (C=O) groups is 2. The third kappa shape index (κ3) is 4.83. The Morgan fingerprint density at radius 1 is 1.14 bits per heavy atom. The van der Waals surface area contributed by atoms with E-state index in [1.165, 1.54) is 11.3 Å². The molecule has 3 aromatic rings. The Labute approximate surface area is 178 Å². The molecule has 1 aliphatic carbocycles. The van der Waals surface area contributed by atoms with Crippen molar-refractivity contribution in [2.24, 2.45) is 0 Å².